The highest BCUT2D eigenvalue weighted by Crippen LogP contribution is 2.29. The van der Waals surface area contributed by atoms with Gasteiger partial charge in [-0.2, -0.15) is 4.31 Å². The number of unbranched alkanes of at least 4 members (excludes halogenated alkanes) is 1. The van der Waals surface area contributed by atoms with Gasteiger partial charge in [-0.1, -0.05) is 56.5 Å². The number of halogens is 2. The van der Waals surface area contributed by atoms with Crippen LogP contribution in [0, 0.1) is 0 Å². The summed E-state index contributed by atoms with van der Waals surface area (Å²) in [5.41, 5.74) is 2.48. The molecule has 0 saturated carbocycles. The average Bonchev–Trinajstić information content (AvgIpc) is 2.83. The van der Waals surface area contributed by atoms with Gasteiger partial charge in [-0.15, -0.1) is 0 Å². The Bertz CT molecular complexity index is 1250. The Morgan fingerprint density at radius 3 is 2.17 bits per heavy atom. The number of anilines is 1. The van der Waals surface area contributed by atoms with Crippen molar-refractivity contribution >= 4 is 49.1 Å². The second kappa shape index (κ2) is 12.6. The molecular formula is C27H29BrClNO4S. The van der Waals surface area contributed by atoms with Gasteiger partial charge < -0.3 is 4.74 Å². The van der Waals surface area contributed by atoms with E-state index in [4.69, 9.17) is 16.3 Å². The molecule has 35 heavy (non-hydrogen) atoms. The molecule has 0 heterocycles. The summed E-state index contributed by atoms with van der Waals surface area (Å²) in [5.74, 6) is -0.234. The third-order valence-corrected chi connectivity index (χ3v) is 8.09. The zero-order valence-corrected chi connectivity index (χ0v) is 23.0. The van der Waals surface area contributed by atoms with E-state index in [-0.39, 0.29) is 10.6 Å². The van der Waals surface area contributed by atoms with Crippen LogP contribution < -0.4 is 9.04 Å². The SMILES string of the molecule is CCCCc1ccc(N(C(=O)COc2ccc(CCC)cc2Br)S(=O)(=O)c2ccc(Cl)cc2)cc1. The Hall–Kier alpha value is -2.35. The molecule has 0 aliphatic rings. The van der Waals surface area contributed by atoms with E-state index in [0.29, 0.717) is 15.2 Å². The van der Waals surface area contributed by atoms with Gasteiger partial charge in [-0.05, 0) is 94.9 Å². The molecule has 0 aliphatic carbocycles. The summed E-state index contributed by atoms with van der Waals surface area (Å²) < 4.78 is 34.3. The zero-order chi connectivity index (χ0) is 25.4. The van der Waals surface area contributed by atoms with Crippen LogP contribution in [0.5, 0.6) is 5.75 Å². The highest BCUT2D eigenvalue weighted by Gasteiger charge is 2.31. The van der Waals surface area contributed by atoms with Crippen molar-refractivity contribution in [3.05, 3.63) is 87.4 Å². The van der Waals surface area contributed by atoms with Crippen LogP contribution in [0.3, 0.4) is 0 Å². The molecular weight excluding hydrogens is 550 g/mol. The molecule has 3 aromatic carbocycles. The standard InChI is InChI=1S/C27H29BrClNO4S/c1-3-5-7-20-8-13-23(14-9-20)30(35(32,33)24-15-11-22(29)12-16-24)27(31)19-34-26-17-10-21(6-4-2)18-25(26)28/h8-18H,3-7,19H2,1-2H3. The number of aryl methyl sites for hydroxylation is 2. The lowest BCUT2D eigenvalue weighted by Crippen LogP contribution is -2.40. The zero-order valence-electron chi connectivity index (χ0n) is 19.8. The minimum absolute atomic E-state index is 0.0320. The molecule has 3 aromatic rings. The molecule has 186 valence electrons. The van der Waals surface area contributed by atoms with Crippen LogP contribution in [0.2, 0.25) is 5.02 Å². The lowest BCUT2D eigenvalue weighted by molar-refractivity contribution is -0.119. The van der Waals surface area contributed by atoms with Crippen LogP contribution in [-0.4, -0.2) is 20.9 Å². The number of hydrogen-bond acceptors (Lipinski definition) is 4. The maximum atomic E-state index is 13.5. The molecule has 0 aromatic heterocycles. The molecule has 0 spiro atoms. The Balaban J connectivity index is 1.90. The molecule has 3 rings (SSSR count). The molecule has 0 bridgehead atoms. The Morgan fingerprint density at radius 1 is 0.914 bits per heavy atom. The van der Waals surface area contributed by atoms with Gasteiger partial charge in [-0.3, -0.25) is 4.79 Å². The molecule has 0 radical (unpaired) electrons. The van der Waals surface area contributed by atoms with E-state index in [2.05, 4.69) is 29.8 Å². The van der Waals surface area contributed by atoms with Crippen molar-refractivity contribution in [1.82, 2.24) is 0 Å². The predicted octanol–water partition coefficient (Wildman–Crippen LogP) is 7.20. The summed E-state index contributed by atoms with van der Waals surface area (Å²) in [6.45, 7) is 3.77. The fourth-order valence-electron chi connectivity index (χ4n) is 3.61. The molecule has 0 aliphatic heterocycles. The molecule has 1 amide bonds. The number of benzene rings is 3. The first-order valence-electron chi connectivity index (χ1n) is 11.6. The fraction of sp³-hybridized carbons (Fsp3) is 0.296. The smallest absolute Gasteiger partial charge is 0.278 e. The van der Waals surface area contributed by atoms with Crippen molar-refractivity contribution in [2.45, 2.75) is 50.8 Å². The first-order chi connectivity index (χ1) is 16.8. The molecule has 0 fully saturated rings. The molecule has 0 unspecified atom stereocenters. The van der Waals surface area contributed by atoms with Crippen molar-refractivity contribution in [2.75, 3.05) is 10.9 Å². The maximum Gasteiger partial charge on any atom is 0.278 e. The van der Waals surface area contributed by atoms with Gasteiger partial charge in [0.2, 0.25) is 0 Å². The number of hydrogen-bond donors (Lipinski definition) is 0. The number of carbonyl (C=O) groups excluding carboxylic acids is 1. The van der Waals surface area contributed by atoms with Gasteiger partial charge in [0.1, 0.15) is 5.75 Å². The summed E-state index contributed by atoms with van der Waals surface area (Å²) in [6, 6.07) is 18.4. The summed E-state index contributed by atoms with van der Waals surface area (Å²) >= 11 is 9.42. The van der Waals surface area contributed by atoms with Crippen LogP contribution in [-0.2, 0) is 27.7 Å². The summed E-state index contributed by atoms with van der Waals surface area (Å²) in [6.07, 6.45) is 4.92. The lowest BCUT2D eigenvalue weighted by atomic mass is 10.1. The van der Waals surface area contributed by atoms with Crippen LogP contribution in [0.15, 0.2) is 76.1 Å². The maximum absolute atomic E-state index is 13.5. The molecule has 5 nitrogen and oxygen atoms in total. The Kier molecular flexibility index (Phi) is 9.78. The third-order valence-electron chi connectivity index (χ3n) is 5.45. The minimum Gasteiger partial charge on any atom is -0.483 e. The number of ether oxygens (including phenoxy) is 1. The van der Waals surface area contributed by atoms with Crippen LogP contribution in [0.25, 0.3) is 0 Å². The first-order valence-corrected chi connectivity index (χ1v) is 14.2. The second-order valence-corrected chi connectivity index (χ2v) is 11.3. The number of sulfonamides is 1. The second-order valence-electron chi connectivity index (χ2n) is 8.19. The van der Waals surface area contributed by atoms with E-state index in [1.54, 1.807) is 18.2 Å². The van der Waals surface area contributed by atoms with Gasteiger partial charge in [0.05, 0.1) is 15.1 Å². The van der Waals surface area contributed by atoms with Gasteiger partial charge in [0, 0.05) is 5.02 Å². The topological polar surface area (TPSA) is 63.7 Å². The van der Waals surface area contributed by atoms with Crippen molar-refractivity contribution < 1.29 is 17.9 Å². The van der Waals surface area contributed by atoms with Gasteiger partial charge in [-0.25, -0.2) is 8.42 Å². The van der Waals surface area contributed by atoms with E-state index in [9.17, 15) is 13.2 Å². The van der Waals surface area contributed by atoms with Crippen molar-refractivity contribution in [3.63, 3.8) is 0 Å². The lowest BCUT2D eigenvalue weighted by Gasteiger charge is -2.23. The van der Waals surface area contributed by atoms with E-state index in [1.165, 1.54) is 24.3 Å². The van der Waals surface area contributed by atoms with Crippen molar-refractivity contribution in [3.8, 4) is 5.75 Å². The molecule has 0 saturated heterocycles. The predicted molar refractivity (Wildman–Crippen MR) is 145 cm³/mol. The minimum atomic E-state index is -4.20. The van der Waals surface area contributed by atoms with Crippen LogP contribution >= 0.6 is 27.5 Å². The largest absolute Gasteiger partial charge is 0.483 e. The molecule has 0 N–H and O–H groups in total. The average molecular weight is 579 g/mol. The number of rotatable bonds is 11. The normalized spacial score (nSPS) is 11.3. The fourth-order valence-corrected chi connectivity index (χ4v) is 5.69. The summed E-state index contributed by atoms with van der Waals surface area (Å²) in [5, 5.41) is 0.404. The first kappa shape index (κ1) is 27.2. The van der Waals surface area contributed by atoms with E-state index in [0.717, 1.165) is 47.5 Å². The van der Waals surface area contributed by atoms with E-state index < -0.39 is 22.5 Å². The van der Waals surface area contributed by atoms with Crippen LogP contribution in [0.4, 0.5) is 5.69 Å². The highest BCUT2D eigenvalue weighted by atomic mass is 79.9. The Labute approximate surface area is 221 Å². The van der Waals surface area contributed by atoms with E-state index >= 15 is 0 Å². The number of amides is 1. The third kappa shape index (κ3) is 7.09. The monoisotopic (exact) mass is 577 g/mol. The van der Waals surface area contributed by atoms with Crippen molar-refractivity contribution in [1.29, 1.82) is 0 Å². The highest BCUT2D eigenvalue weighted by molar-refractivity contribution is 9.10. The molecule has 0 atom stereocenters. The van der Waals surface area contributed by atoms with Gasteiger partial charge in [0.25, 0.3) is 15.9 Å². The molecule has 8 heteroatoms. The van der Waals surface area contributed by atoms with Crippen molar-refractivity contribution in [2.24, 2.45) is 0 Å². The summed E-state index contributed by atoms with van der Waals surface area (Å²) in [7, 11) is -4.20. The number of nitrogens with zero attached hydrogens (tertiary/aromatic N) is 1. The number of carbonyl (C=O) groups is 1. The quantitative estimate of drug-likeness (QED) is 0.241. The van der Waals surface area contributed by atoms with Crippen LogP contribution in [0.1, 0.15) is 44.2 Å². The summed E-state index contributed by atoms with van der Waals surface area (Å²) in [4.78, 5) is 13.3. The van der Waals surface area contributed by atoms with Gasteiger partial charge >= 0.3 is 0 Å². The van der Waals surface area contributed by atoms with Gasteiger partial charge in [0.15, 0.2) is 6.61 Å². The van der Waals surface area contributed by atoms with E-state index in [1.807, 2.05) is 24.3 Å². The Morgan fingerprint density at radius 2 is 1.57 bits per heavy atom.